The maximum Gasteiger partial charge on any atom is 0.126 e. The number of benzene rings is 2. The molecule has 0 bridgehead atoms. The first-order valence-electron chi connectivity index (χ1n) is 6.62. The highest BCUT2D eigenvalue weighted by Crippen LogP contribution is 2.33. The molecule has 2 aromatic carbocycles. The van der Waals surface area contributed by atoms with E-state index in [2.05, 4.69) is 43.3 Å². The molecule has 3 rings (SSSR count). The number of fused-ring (bicyclic) bond motifs is 1. The lowest BCUT2D eigenvalue weighted by Crippen LogP contribution is -2.00. The standard InChI is InChI=1S/C17H18O/c1-13-10-11-15-8-5-9-16(15)17(13)18-12-14-6-3-2-4-7-14/h2-4,6-7,10-11H,5,8-9,12H2,1H3. The van der Waals surface area contributed by atoms with Crippen LogP contribution in [0.5, 0.6) is 5.75 Å². The summed E-state index contributed by atoms with van der Waals surface area (Å²) in [6.07, 6.45) is 3.64. The molecule has 0 heterocycles. The molecule has 92 valence electrons. The molecule has 0 radical (unpaired) electrons. The lowest BCUT2D eigenvalue weighted by atomic mass is 10.1. The highest BCUT2D eigenvalue weighted by molar-refractivity contribution is 5.48. The zero-order chi connectivity index (χ0) is 12.4. The second-order valence-electron chi connectivity index (χ2n) is 4.98. The Labute approximate surface area is 108 Å². The van der Waals surface area contributed by atoms with Crippen molar-refractivity contribution in [3.8, 4) is 5.75 Å². The van der Waals surface area contributed by atoms with Crippen molar-refractivity contribution in [3.05, 3.63) is 64.7 Å². The predicted molar refractivity (Wildman–Crippen MR) is 74.0 cm³/mol. The molecule has 0 saturated carbocycles. The molecule has 0 aromatic heterocycles. The van der Waals surface area contributed by atoms with Crippen molar-refractivity contribution < 1.29 is 4.74 Å². The van der Waals surface area contributed by atoms with E-state index in [9.17, 15) is 0 Å². The van der Waals surface area contributed by atoms with Crippen LogP contribution in [0.1, 0.15) is 28.7 Å². The summed E-state index contributed by atoms with van der Waals surface area (Å²) in [6.45, 7) is 2.80. The van der Waals surface area contributed by atoms with Gasteiger partial charge in [0.25, 0.3) is 0 Å². The van der Waals surface area contributed by atoms with Gasteiger partial charge in [0.05, 0.1) is 0 Å². The van der Waals surface area contributed by atoms with Gasteiger partial charge in [0.15, 0.2) is 0 Å². The molecule has 0 N–H and O–H groups in total. The van der Waals surface area contributed by atoms with Crippen LogP contribution in [0.2, 0.25) is 0 Å². The summed E-state index contributed by atoms with van der Waals surface area (Å²) in [4.78, 5) is 0. The van der Waals surface area contributed by atoms with Crippen molar-refractivity contribution in [1.29, 1.82) is 0 Å². The molecule has 0 spiro atoms. The summed E-state index contributed by atoms with van der Waals surface area (Å²) in [5, 5.41) is 0. The lowest BCUT2D eigenvalue weighted by Gasteiger charge is -2.13. The van der Waals surface area contributed by atoms with E-state index in [-0.39, 0.29) is 0 Å². The fourth-order valence-corrected chi connectivity index (χ4v) is 2.68. The maximum atomic E-state index is 6.07. The number of ether oxygens (including phenoxy) is 1. The van der Waals surface area contributed by atoms with E-state index in [1.54, 1.807) is 0 Å². The smallest absolute Gasteiger partial charge is 0.126 e. The summed E-state index contributed by atoms with van der Waals surface area (Å²) >= 11 is 0. The van der Waals surface area contributed by atoms with Crippen molar-refractivity contribution >= 4 is 0 Å². The van der Waals surface area contributed by atoms with Gasteiger partial charge in [-0.05, 0) is 48.4 Å². The third kappa shape index (κ3) is 2.13. The molecular formula is C17H18O. The van der Waals surface area contributed by atoms with Crippen LogP contribution < -0.4 is 4.74 Å². The van der Waals surface area contributed by atoms with E-state index in [0.717, 1.165) is 5.75 Å². The highest BCUT2D eigenvalue weighted by Gasteiger charge is 2.17. The van der Waals surface area contributed by atoms with Gasteiger partial charge < -0.3 is 4.74 Å². The van der Waals surface area contributed by atoms with Gasteiger partial charge in [-0.2, -0.15) is 0 Å². The second kappa shape index (κ2) is 4.85. The Morgan fingerprint density at radius 2 is 1.83 bits per heavy atom. The average Bonchev–Trinajstić information content (AvgIpc) is 2.87. The Kier molecular flexibility index (Phi) is 3.06. The van der Waals surface area contributed by atoms with E-state index < -0.39 is 0 Å². The summed E-state index contributed by atoms with van der Waals surface area (Å²) in [5.74, 6) is 1.12. The number of aryl methyl sites for hydroxylation is 2. The molecule has 0 saturated heterocycles. The summed E-state index contributed by atoms with van der Waals surface area (Å²) in [7, 11) is 0. The van der Waals surface area contributed by atoms with Gasteiger partial charge in [-0.1, -0.05) is 42.5 Å². The average molecular weight is 238 g/mol. The van der Waals surface area contributed by atoms with Crippen LogP contribution in [-0.2, 0) is 19.4 Å². The molecule has 0 unspecified atom stereocenters. The van der Waals surface area contributed by atoms with Gasteiger partial charge in [-0.25, -0.2) is 0 Å². The molecule has 0 aliphatic heterocycles. The van der Waals surface area contributed by atoms with Gasteiger partial charge in [0.1, 0.15) is 12.4 Å². The molecule has 0 atom stereocenters. The largest absolute Gasteiger partial charge is 0.488 e. The minimum Gasteiger partial charge on any atom is -0.488 e. The van der Waals surface area contributed by atoms with Crippen LogP contribution >= 0.6 is 0 Å². The Bertz CT molecular complexity index is 543. The van der Waals surface area contributed by atoms with E-state index >= 15 is 0 Å². The predicted octanol–water partition coefficient (Wildman–Crippen LogP) is 4.06. The van der Waals surface area contributed by atoms with Crippen molar-refractivity contribution in [2.24, 2.45) is 0 Å². The molecule has 18 heavy (non-hydrogen) atoms. The number of hydrogen-bond donors (Lipinski definition) is 0. The first kappa shape index (κ1) is 11.3. The van der Waals surface area contributed by atoms with E-state index in [1.165, 1.54) is 41.5 Å². The van der Waals surface area contributed by atoms with Gasteiger partial charge in [0.2, 0.25) is 0 Å². The van der Waals surface area contributed by atoms with E-state index in [0.29, 0.717) is 6.61 Å². The van der Waals surface area contributed by atoms with Crippen molar-refractivity contribution in [3.63, 3.8) is 0 Å². The van der Waals surface area contributed by atoms with Gasteiger partial charge in [-0.3, -0.25) is 0 Å². The Morgan fingerprint density at radius 3 is 2.67 bits per heavy atom. The van der Waals surface area contributed by atoms with Crippen molar-refractivity contribution in [1.82, 2.24) is 0 Å². The fraction of sp³-hybridized carbons (Fsp3) is 0.294. The van der Waals surface area contributed by atoms with Crippen LogP contribution in [-0.4, -0.2) is 0 Å². The third-order valence-corrected chi connectivity index (χ3v) is 3.65. The third-order valence-electron chi connectivity index (χ3n) is 3.65. The zero-order valence-corrected chi connectivity index (χ0v) is 10.8. The fourth-order valence-electron chi connectivity index (χ4n) is 2.68. The molecule has 1 aliphatic carbocycles. The maximum absolute atomic E-state index is 6.07. The van der Waals surface area contributed by atoms with Crippen LogP contribution in [0.3, 0.4) is 0 Å². The van der Waals surface area contributed by atoms with Crippen molar-refractivity contribution in [2.75, 3.05) is 0 Å². The normalized spacial score (nSPS) is 13.4. The quantitative estimate of drug-likeness (QED) is 0.783. The van der Waals surface area contributed by atoms with Crippen LogP contribution in [0.25, 0.3) is 0 Å². The number of rotatable bonds is 3. The lowest BCUT2D eigenvalue weighted by molar-refractivity contribution is 0.301. The summed E-state index contributed by atoms with van der Waals surface area (Å²) in [6, 6.07) is 14.8. The monoisotopic (exact) mass is 238 g/mol. The van der Waals surface area contributed by atoms with Crippen LogP contribution in [0.15, 0.2) is 42.5 Å². The van der Waals surface area contributed by atoms with E-state index in [4.69, 9.17) is 4.74 Å². The Morgan fingerprint density at radius 1 is 1.00 bits per heavy atom. The minimum absolute atomic E-state index is 0.665. The molecule has 1 heteroatoms. The Balaban J connectivity index is 1.83. The first-order valence-corrected chi connectivity index (χ1v) is 6.62. The first-order chi connectivity index (χ1) is 8.84. The second-order valence-corrected chi connectivity index (χ2v) is 4.98. The molecule has 0 amide bonds. The minimum atomic E-state index is 0.665. The summed E-state index contributed by atoms with van der Waals surface area (Å²) < 4.78 is 6.07. The number of hydrogen-bond acceptors (Lipinski definition) is 1. The highest BCUT2D eigenvalue weighted by atomic mass is 16.5. The summed E-state index contributed by atoms with van der Waals surface area (Å²) in [5.41, 5.74) is 5.40. The molecule has 0 fully saturated rings. The molecule has 2 aromatic rings. The van der Waals surface area contributed by atoms with Gasteiger partial charge in [-0.15, -0.1) is 0 Å². The topological polar surface area (TPSA) is 9.23 Å². The van der Waals surface area contributed by atoms with Gasteiger partial charge in [0, 0.05) is 0 Å². The molecular weight excluding hydrogens is 220 g/mol. The van der Waals surface area contributed by atoms with E-state index in [1.807, 2.05) is 6.07 Å². The van der Waals surface area contributed by atoms with Crippen molar-refractivity contribution in [2.45, 2.75) is 32.8 Å². The molecule has 1 aliphatic rings. The Hall–Kier alpha value is -1.76. The van der Waals surface area contributed by atoms with Crippen LogP contribution in [0, 0.1) is 6.92 Å². The zero-order valence-electron chi connectivity index (χ0n) is 10.8. The molecule has 1 nitrogen and oxygen atoms in total. The SMILES string of the molecule is Cc1ccc2c(c1OCc1ccccc1)CCC2. The van der Waals surface area contributed by atoms with Crippen LogP contribution in [0.4, 0.5) is 0 Å². The van der Waals surface area contributed by atoms with Gasteiger partial charge >= 0.3 is 0 Å².